The molecule has 0 aliphatic rings. The summed E-state index contributed by atoms with van der Waals surface area (Å²) >= 11 is 0. The van der Waals surface area contributed by atoms with Crippen LogP contribution in [-0.2, 0) is 14.1 Å². The van der Waals surface area contributed by atoms with Gasteiger partial charge in [-0.25, -0.2) is 9.45 Å². The maximum Gasteiger partial charge on any atom is 1.00 e. The topological polar surface area (TPSA) is 76.0 Å². The molecule has 5 nitrogen and oxygen atoms in total. The van der Waals surface area contributed by atoms with Gasteiger partial charge >= 0.3 is 37.4 Å². The van der Waals surface area contributed by atoms with E-state index in [1.807, 2.05) is 0 Å². The van der Waals surface area contributed by atoms with Gasteiger partial charge in [0.1, 0.15) is 0 Å². The molecule has 0 aliphatic carbocycles. The summed E-state index contributed by atoms with van der Waals surface area (Å²) < 4.78 is 14.3. The van der Waals surface area contributed by atoms with Crippen molar-refractivity contribution in [2.75, 3.05) is 6.61 Å². The maximum absolute atomic E-state index is 10.4. The second-order valence-corrected chi connectivity index (χ2v) is 8.64. The summed E-state index contributed by atoms with van der Waals surface area (Å²) in [6.07, 6.45) is 24.0. The minimum absolute atomic E-state index is 0. The molecule has 0 spiro atoms. The zero-order valence-electron chi connectivity index (χ0n) is 19.9. The molecule has 172 valence electrons. The van der Waals surface area contributed by atoms with Crippen LogP contribution in [-0.4, -0.2) is 16.4 Å². The van der Waals surface area contributed by atoms with Gasteiger partial charge in [-0.15, -0.1) is 4.67 Å². The van der Waals surface area contributed by atoms with Crippen LogP contribution in [0.15, 0.2) is 0 Å². The Morgan fingerprint density at radius 2 is 1.00 bits per heavy atom. The van der Waals surface area contributed by atoms with Crippen molar-refractivity contribution in [3.05, 3.63) is 6.42 Å². The molecule has 2 N–H and O–H groups in total. The first-order chi connectivity index (χ1) is 13.5. The quantitative estimate of drug-likeness (QED) is 0.0694. The molecule has 0 aliphatic heterocycles. The average Bonchev–Trinajstić information content (AvgIpc) is 2.66. The van der Waals surface area contributed by atoms with Crippen LogP contribution >= 0.6 is 7.82 Å². The van der Waals surface area contributed by atoms with E-state index in [1.165, 1.54) is 89.9 Å². The Balaban J connectivity index is -0.00000123. The van der Waals surface area contributed by atoms with Gasteiger partial charge in [0.2, 0.25) is 0 Å². The molecule has 0 radical (unpaired) electrons. The van der Waals surface area contributed by atoms with Gasteiger partial charge in [0.05, 0.1) is 6.61 Å². The van der Waals surface area contributed by atoms with Gasteiger partial charge in [-0.05, 0) is 6.42 Å². The van der Waals surface area contributed by atoms with Gasteiger partial charge < -0.3 is 16.2 Å². The molecule has 0 unspecified atom stereocenters. The van der Waals surface area contributed by atoms with Crippen molar-refractivity contribution in [3.8, 4) is 0 Å². The molecular weight excluding hydrogens is 398 g/mol. The molecule has 0 fully saturated rings. The largest absolute Gasteiger partial charge is 1.00 e. The Labute approximate surface area is 203 Å². The summed E-state index contributed by atoms with van der Waals surface area (Å²) in [6, 6.07) is 0. The average molecular weight is 447 g/mol. The van der Waals surface area contributed by atoms with Crippen molar-refractivity contribution in [2.45, 2.75) is 130 Å². The molecule has 0 amide bonds. The standard InChI is InChI=1S/C18H39O5P.C4H9.Na/c1-2-3-4-5-6-7-8-9-10-11-12-13-14-15-16-17-18-22-23-24(19,20)21;1-3-4-2;/h2-18H2,1H3,(H2,19,20,21);3H,4H2,1-2H3;/q;-1;+1. The molecule has 0 saturated heterocycles. The van der Waals surface area contributed by atoms with E-state index in [4.69, 9.17) is 9.79 Å². The second kappa shape index (κ2) is 29.1. The Morgan fingerprint density at radius 1 is 0.690 bits per heavy atom. The number of rotatable bonds is 20. The molecule has 7 heteroatoms. The zero-order chi connectivity index (χ0) is 21.3. The van der Waals surface area contributed by atoms with Gasteiger partial charge in [0.15, 0.2) is 0 Å². The first-order valence-corrected chi connectivity index (χ1v) is 13.2. The van der Waals surface area contributed by atoms with E-state index < -0.39 is 7.82 Å². The Bertz CT molecular complexity index is 324. The van der Waals surface area contributed by atoms with Crippen molar-refractivity contribution >= 4 is 7.82 Å². The SMILES string of the molecule is CCCCCCCCCCCCCCCCCCOOP(=O)(O)O.C[CH-]CC.[Na+]. The summed E-state index contributed by atoms with van der Waals surface area (Å²) in [5.74, 6) is 0. The van der Waals surface area contributed by atoms with E-state index >= 15 is 0 Å². The van der Waals surface area contributed by atoms with Crippen LogP contribution in [0.4, 0.5) is 0 Å². The number of hydrogen-bond acceptors (Lipinski definition) is 3. The minimum Gasteiger partial charge on any atom is -0.332 e. The monoisotopic (exact) mass is 446 g/mol. The third kappa shape index (κ3) is 40.0. The van der Waals surface area contributed by atoms with Crippen LogP contribution in [0.5, 0.6) is 0 Å². The van der Waals surface area contributed by atoms with Crippen LogP contribution < -0.4 is 29.6 Å². The third-order valence-corrected chi connectivity index (χ3v) is 4.94. The van der Waals surface area contributed by atoms with Crippen LogP contribution in [0.25, 0.3) is 0 Å². The van der Waals surface area contributed by atoms with Crippen molar-refractivity contribution in [1.82, 2.24) is 0 Å². The van der Waals surface area contributed by atoms with E-state index in [1.54, 1.807) is 0 Å². The summed E-state index contributed by atoms with van der Waals surface area (Å²) in [7, 11) is -4.48. The number of phosphoric acid groups is 1. The first kappa shape index (κ1) is 34.7. The molecule has 0 aromatic heterocycles. The van der Waals surface area contributed by atoms with Gasteiger partial charge in [0, 0.05) is 0 Å². The van der Waals surface area contributed by atoms with Crippen LogP contribution in [0.1, 0.15) is 130 Å². The van der Waals surface area contributed by atoms with E-state index in [0.717, 1.165) is 19.3 Å². The Kier molecular flexibility index (Phi) is 34.8. The fourth-order valence-corrected chi connectivity index (χ4v) is 3.03. The fourth-order valence-electron chi connectivity index (χ4n) is 2.82. The third-order valence-electron chi connectivity index (χ3n) is 4.64. The normalized spacial score (nSPS) is 10.9. The molecular formula is C22H48NaO5P. The van der Waals surface area contributed by atoms with Crippen molar-refractivity contribution in [2.24, 2.45) is 0 Å². The molecule has 29 heavy (non-hydrogen) atoms. The minimum atomic E-state index is -4.48. The molecule has 0 atom stereocenters. The first-order valence-electron chi connectivity index (χ1n) is 11.6. The van der Waals surface area contributed by atoms with Crippen LogP contribution in [0.3, 0.4) is 0 Å². The fraction of sp³-hybridized carbons (Fsp3) is 0.955. The second-order valence-electron chi connectivity index (χ2n) is 7.51. The molecule has 0 heterocycles. The molecule has 0 rings (SSSR count). The number of unbranched alkanes of at least 4 members (excludes halogenated alkanes) is 16. The molecule has 0 bridgehead atoms. The summed E-state index contributed by atoms with van der Waals surface area (Å²) in [5.41, 5.74) is 0. The Morgan fingerprint density at radius 3 is 1.28 bits per heavy atom. The van der Waals surface area contributed by atoms with E-state index in [-0.39, 0.29) is 36.2 Å². The molecule has 0 saturated carbocycles. The summed E-state index contributed by atoms with van der Waals surface area (Å²) in [5, 5.41) is 0. The van der Waals surface area contributed by atoms with Crippen molar-refractivity contribution < 1.29 is 53.5 Å². The van der Waals surface area contributed by atoms with E-state index in [0.29, 0.717) is 0 Å². The Hall–Kier alpha value is 1.07. The van der Waals surface area contributed by atoms with Crippen molar-refractivity contribution in [3.63, 3.8) is 0 Å². The van der Waals surface area contributed by atoms with Gasteiger partial charge in [-0.3, -0.25) is 0 Å². The molecule has 0 aromatic carbocycles. The van der Waals surface area contributed by atoms with E-state index in [9.17, 15) is 4.57 Å². The van der Waals surface area contributed by atoms with Gasteiger partial charge in [0.25, 0.3) is 0 Å². The summed E-state index contributed by atoms with van der Waals surface area (Å²) in [4.78, 5) is 21.3. The van der Waals surface area contributed by atoms with Crippen LogP contribution in [0.2, 0.25) is 0 Å². The van der Waals surface area contributed by atoms with E-state index in [2.05, 4.69) is 36.8 Å². The predicted molar refractivity (Wildman–Crippen MR) is 119 cm³/mol. The molecule has 0 aromatic rings. The van der Waals surface area contributed by atoms with Gasteiger partial charge in [-0.2, -0.15) is 13.3 Å². The maximum atomic E-state index is 10.4. The van der Waals surface area contributed by atoms with Crippen LogP contribution in [0, 0.1) is 6.42 Å². The van der Waals surface area contributed by atoms with Crippen molar-refractivity contribution in [1.29, 1.82) is 0 Å². The zero-order valence-corrected chi connectivity index (χ0v) is 22.8. The predicted octanol–water partition coefficient (Wildman–Crippen LogP) is 4.91. The summed E-state index contributed by atoms with van der Waals surface area (Å²) in [6.45, 7) is 6.68. The van der Waals surface area contributed by atoms with Gasteiger partial charge in [-0.1, -0.05) is 110 Å². The number of hydrogen-bond donors (Lipinski definition) is 2. The smallest absolute Gasteiger partial charge is 0.332 e.